The van der Waals surface area contributed by atoms with Crippen molar-refractivity contribution in [3.05, 3.63) is 23.8 Å². The Morgan fingerprint density at radius 3 is 2.67 bits per heavy atom. The zero-order valence-electron chi connectivity index (χ0n) is 9.42. The fourth-order valence-corrected chi connectivity index (χ4v) is 2.40. The van der Waals surface area contributed by atoms with Crippen LogP contribution in [0.15, 0.2) is 18.2 Å². The Hall–Kier alpha value is -1.21. The minimum absolute atomic E-state index is 0. The number of thioether (sulfide) groups is 1. The summed E-state index contributed by atoms with van der Waals surface area (Å²) in [6.45, 7) is 0.829. The number of carbonyl (C=O) groups excluding carboxylic acids is 1. The van der Waals surface area contributed by atoms with Gasteiger partial charge in [0.25, 0.3) is 0 Å². The monoisotopic (exact) mass is 332 g/mol. The van der Waals surface area contributed by atoms with Crippen molar-refractivity contribution in [2.45, 2.75) is 0 Å². The summed E-state index contributed by atoms with van der Waals surface area (Å²) < 4.78 is 0. The van der Waals surface area contributed by atoms with Gasteiger partial charge in [-0.3, -0.25) is 10.2 Å². The number of benzene rings is 1. The fraction of sp³-hybridized carbons (Fsp3) is 0.273. The Labute approximate surface area is 119 Å². The normalized spacial score (nSPS) is 14.4. The van der Waals surface area contributed by atoms with E-state index in [1.54, 1.807) is 4.90 Å². The van der Waals surface area contributed by atoms with Gasteiger partial charge in [0.2, 0.25) is 0 Å². The number of Topliss-reactive ketones (excluding diaryl/α,β-unsaturated/α-hetero) is 1. The van der Waals surface area contributed by atoms with Crippen LogP contribution in [0.4, 0.5) is 0 Å². The number of rotatable bonds is 3. The van der Waals surface area contributed by atoms with Crippen LogP contribution in [0.2, 0.25) is 0 Å². The highest BCUT2D eigenvalue weighted by atomic mass is 79.9. The molecule has 7 heteroatoms. The third-order valence-electron chi connectivity index (χ3n) is 2.52. The number of nitrogens with zero attached hydrogens (tertiary/aromatic N) is 1. The first-order valence-corrected chi connectivity index (χ1v) is 6.08. The predicted octanol–water partition coefficient (Wildman–Crippen LogP) is 1.84. The van der Waals surface area contributed by atoms with E-state index in [9.17, 15) is 9.90 Å². The van der Waals surface area contributed by atoms with E-state index < -0.39 is 0 Å². The number of ketones is 1. The van der Waals surface area contributed by atoms with Crippen LogP contribution in [-0.2, 0) is 0 Å². The van der Waals surface area contributed by atoms with Gasteiger partial charge in [-0.25, -0.2) is 0 Å². The van der Waals surface area contributed by atoms with Crippen molar-refractivity contribution in [3.63, 3.8) is 0 Å². The molecule has 98 valence electrons. The Kier molecular flexibility index (Phi) is 5.03. The molecule has 0 saturated carbocycles. The smallest absolute Gasteiger partial charge is 0.182 e. The summed E-state index contributed by atoms with van der Waals surface area (Å²) in [7, 11) is 0. The fourth-order valence-electron chi connectivity index (χ4n) is 1.56. The number of halogens is 1. The van der Waals surface area contributed by atoms with Crippen molar-refractivity contribution in [1.29, 1.82) is 5.41 Å². The highest BCUT2D eigenvalue weighted by Crippen LogP contribution is 2.25. The minimum atomic E-state index is -0.304. The SMILES string of the molecule is Br.N=C1SCCN1CC(=O)c1ccc(O)c(O)c1. The van der Waals surface area contributed by atoms with Crippen LogP contribution in [0.5, 0.6) is 11.5 Å². The third kappa shape index (κ3) is 3.17. The van der Waals surface area contributed by atoms with Gasteiger partial charge in [-0.2, -0.15) is 0 Å². The minimum Gasteiger partial charge on any atom is -0.504 e. The second-order valence-corrected chi connectivity index (χ2v) is 4.79. The summed E-state index contributed by atoms with van der Waals surface area (Å²) in [5.41, 5.74) is 0.338. The van der Waals surface area contributed by atoms with Crippen LogP contribution in [0.25, 0.3) is 0 Å². The average Bonchev–Trinajstić information content (AvgIpc) is 2.68. The molecule has 3 N–H and O–H groups in total. The molecule has 0 bridgehead atoms. The van der Waals surface area contributed by atoms with Gasteiger partial charge in [0.15, 0.2) is 22.4 Å². The maximum absolute atomic E-state index is 11.9. The summed E-state index contributed by atoms with van der Waals surface area (Å²) in [4.78, 5) is 13.6. The molecule has 1 aromatic carbocycles. The van der Waals surface area contributed by atoms with Crippen molar-refractivity contribution in [1.82, 2.24) is 4.90 Å². The van der Waals surface area contributed by atoms with E-state index in [0.29, 0.717) is 17.3 Å². The van der Waals surface area contributed by atoms with Crippen molar-refractivity contribution in [2.24, 2.45) is 0 Å². The highest BCUT2D eigenvalue weighted by Gasteiger charge is 2.21. The molecule has 0 atom stereocenters. The third-order valence-corrected chi connectivity index (χ3v) is 3.44. The van der Waals surface area contributed by atoms with Gasteiger partial charge < -0.3 is 15.1 Å². The highest BCUT2D eigenvalue weighted by molar-refractivity contribution is 8.93. The van der Waals surface area contributed by atoms with Gasteiger partial charge >= 0.3 is 0 Å². The zero-order chi connectivity index (χ0) is 12.4. The van der Waals surface area contributed by atoms with Crippen LogP contribution in [-0.4, -0.2) is 44.9 Å². The first-order chi connectivity index (χ1) is 8.08. The van der Waals surface area contributed by atoms with Gasteiger partial charge in [-0.1, -0.05) is 11.8 Å². The first-order valence-electron chi connectivity index (χ1n) is 5.09. The number of nitrogens with one attached hydrogen (secondary N) is 1. The van der Waals surface area contributed by atoms with E-state index in [1.807, 2.05) is 0 Å². The Morgan fingerprint density at radius 1 is 1.39 bits per heavy atom. The number of aromatic hydroxyl groups is 2. The molecule has 1 aromatic rings. The van der Waals surface area contributed by atoms with Crippen LogP contribution in [0, 0.1) is 5.41 Å². The molecule has 2 rings (SSSR count). The second kappa shape index (κ2) is 6.10. The molecular weight excluding hydrogens is 320 g/mol. The van der Waals surface area contributed by atoms with Crippen LogP contribution in [0.1, 0.15) is 10.4 Å². The van der Waals surface area contributed by atoms with Gasteiger partial charge in [-0.15, -0.1) is 17.0 Å². The topological polar surface area (TPSA) is 84.6 Å². The summed E-state index contributed by atoms with van der Waals surface area (Å²) in [6, 6.07) is 3.99. The number of hydrogen-bond acceptors (Lipinski definition) is 5. The molecule has 1 aliphatic heterocycles. The lowest BCUT2D eigenvalue weighted by Gasteiger charge is -2.15. The summed E-state index contributed by atoms with van der Waals surface area (Å²) in [5.74, 6) is 0.104. The van der Waals surface area contributed by atoms with Crippen molar-refractivity contribution < 1.29 is 15.0 Å². The molecule has 1 aliphatic rings. The second-order valence-electron chi connectivity index (χ2n) is 3.70. The number of phenolic OH excluding ortho intramolecular Hbond substituents is 2. The molecule has 0 unspecified atom stereocenters. The maximum Gasteiger partial charge on any atom is 0.182 e. The van der Waals surface area contributed by atoms with Gasteiger partial charge in [0.05, 0.1) is 6.54 Å². The van der Waals surface area contributed by atoms with Gasteiger partial charge in [0.1, 0.15) is 0 Å². The molecule has 0 aliphatic carbocycles. The summed E-state index contributed by atoms with van der Waals surface area (Å²) >= 11 is 1.42. The van der Waals surface area contributed by atoms with Crippen molar-refractivity contribution >= 4 is 39.7 Å². The first kappa shape index (κ1) is 14.8. The maximum atomic E-state index is 11.9. The Bertz CT molecular complexity index is 481. The summed E-state index contributed by atoms with van der Waals surface area (Å²) in [5, 5.41) is 26.4. The molecule has 0 amide bonds. The van der Waals surface area contributed by atoms with Crippen molar-refractivity contribution in [3.8, 4) is 11.5 Å². The number of carbonyl (C=O) groups is 1. The van der Waals surface area contributed by atoms with Crippen LogP contribution >= 0.6 is 28.7 Å². The lowest BCUT2D eigenvalue weighted by atomic mass is 10.1. The van der Waals surface area contributed by atoms with Crippen LogP contribution in [0.3, 0.4) is 0 Å². The van der Waals surface area contributed by atoms with E-state index in [1.165, 1.54) is 30.0 Å². The number of hydrogen-bond donors (Lipinski definition) is 3. The largest absolute Gasteiger partial charge is 0.504 e. The molecule has 1 heterocycles. The number of amidine groups is 1. The van der Waals surface area contributed by atoms with E-state index in [0.717, 1.165) is 5.75 Å². The van der Waals surface area contributed by atoms with Crippen molar-refractivity contribution in [2.75, 3.05) is 18.8 Å². The summed E-state index contributed by atoms with van der Waals surface area (Å²) in [6.07, 6.45) is 0. The zero-order valence-corrected chi connectivity index (χ0v) is 11.9. The van der Waals surface area contributed by atoms with E-state index in [-0.39, 0.29) is 40.8 Å². The molecule has 0 aromatic heterocycles. The molecule has 1 fully saturated rings. The molecule has 18 heavy (non-hydrogen) atoms. The molecule has 0 spiro atoms. The predicted molar refractivity (Wildman–Crippen MR) is 76.2 cm³/mol. The standard InChI is InChI=1S/C11H12N2O3S.BrH/c12-11-13(3-4-17-11)6-10(16)7-1-2-8(14)9(15)5-7;/h1-2,5,12,14-15H,3-4,6H2;1H. The van der Waals surface area contributed by atoms with Crippen LogP contribution < -0.4 is 0 Å². The van der Waals surface area contributed by atoms with Gasteiger partial charge in [0, 0.05) is 17.9 Å². The Balaban J connectivity index is 0.00000162. The van der Waals surface area contributed by atoms with E-state index >= 15 is 0 Å². The molecule has 1 saturated heterocycles. The Morgan fingerprint density at radius 2 is 2.11 bits per heavy atom. The molecule has 0 radical (unpaired) electrons. The molecular formula is C11H13BrN2O3S. The van der Waals surface area contributed by atoms with Gasteiger partial charge in [-0.05, 0) is 18.2 Å². The van der Waals surface area contributed by atoms with E-state index in [2.05, 4.69) is 0 Å². The number of phenols is 2. The lowest BCUT2D eigenvalue weighted by Crippen LogP contribution is -2.30. The lowest BCUT2D eigenvalue weighted by molar-refractivity contribution is 0.0966. The quantitative estimate of drug-likeness (QED) is 0.581. The van der Waals surface area contributed by atoms with E-state index in [4.69, 9.17) is 10.5 Å². The average molecular weight is 333 g/mol. The molecule has 5 nitrogen and oxygen atoms in total.